The van der Waals surface area contributed by atoms with Gasteiger partial charge in [0.05, 0.1) is 14.2 Å². The van der Waals surface area contributed by atoms with Crippen LogP contribution in [-0.2, 0) is 17.6 Å². The van der Waals surface area contributed by atoms with Crippen LogP contribution in [0.2, 0.25) is 0 Å². The molecule has 0 aliphatic heterocycles. The lowest BCUT2D eigenvalue weighted by atomic mass is 9.97. The van der Waals surface area contributed by atoms with Gasteiger partial charge in [0.2, 0.25) is 5.91 Å². The predicted molar refractivity (Wildman–Crippen MR) is 101 cm³/mol. The first-order valence-corrected chi connectivity index (χ1v) is 8.37. The molecule has 2 N–H and O–H groups in total. The maximum Gasteiger partial charge on any atom is 0.241 e. The molecule has 0 aliphatic carbocycles. The number of rotatable bonds is 8. The van der Waals surface area contributed by atoms with Gasteiger partial charge < -0.3 is 15.2 Å². The molecule has 25 heavy (non-hydrogen) atoms. The number of allylic oxidation sites excluding steroid dienone is 1. The Balaban J connectivity index is 2.23. The van der Waals surface area contributed by atoms with Crippen molar-refractivity contribution in [2.45, 2.75) is 26.2 Å². The van der Waals surface area contributed by atoms with E-state index in [0.29, 0.717) is 17.9 Å². The molecule has 132 valence electrons. The second kappa shape index (κ2) is 8.92. The van der Waals surface area contributed by atoms with Crippen LogP contribution in [0, 0.1) is 0 Å². The molecule has 0 aliphatic rings. The van der Waals surface area contributed by atoms with Crippen LogP contribution in [0.25, 0.3) is 5.57 Å². The molecule has 4 nitrogen and oxygen atoms in total. The Morgan fingerprint density at radius 1 is 1.00 bits per heavy atom. The molecule has 2 rings (SSSR count). The van der Waals surface area contributed by atoms with Crippen molar-refractivity contribution in [1.29, 1.82) is 0 Å². The van der Waals surface area contributed by atoms with Gasteiger partial charge in [-0.2, -0.15) is 0 Å². The molecule has 0 bridgehead atoms. The minimum absolute atomic E-state index is 0.453. The van der Waals surface area contributed by atoms with Crippen LogP contribution in [0.15, 0.2) is 48.5 Å². The van der Waals surface area contributed by atoms with Crippen LogP contribution < -0.4 is 15.2 Å². The topological polar surface area (TPSA) is 61.6 Å². The van der Waals surface area contributed by atoms with Crippen LogP contribution in [0.4, 0.5) is 0 Å². The zero-order valence-electron chi connectivity index (χ0n) is 15.0. The third-order valence-electron chi connectivity index (χ3n) is 4.19. The summed E-state index contributed by atoms with van der Waals surface area (Å²) < 4.78 is 10.6. The Bertz CT molecular complexity index is 748. The predicted octanol–water partition coefficient (Wildman–Crippen LogP) is 3.77. The van der Waals surface area contributed by atoms with Gasteiger partial charge in [-0.15, -0.1) is 0 Å². The molecular formula is C21H25NO3. The van der Waals surface area contributed by atoms with Crippen LogP contribution in [-0.4, -0.2) is 20.1 Å². The molecule has 1 amide bonds. The number of aryl methyl sites for hydroxylation is 2. The summed E-state index contributed by atoms with van der Waals surface area (Å²) in [4.78, 5) is 11.4. The number of hydrogen-bond donors (Lipinski definition) is 1. The first kappa shape index (κ1) is 18.6. The van der Waals surface area contributed by atoms with E-state index in [9.17, 15) is 4.79 Å². The van der Waals surface area contributed by atoms with Gasteiger partial charge in [-0.25, -0.2) is 0 Å². The van der Waals surface area contributed by atoms with Crippen molar-refractivity contribution >= 4 is 11.5 Å². The van der Waals surface area contributed by atoms with E-state index in [1.165, 1.54) is 17.2 Å². The second-order valence-corrected chi connectivity index (χ2v) is 5.81. The summed E-state index contributed by atoms with van der Waals surface area (Å²) in [7, 11) is 3.19. The van der Waals surface area contributed by atoms with Gasteiger partial charge in [-0.1, -0.05) is 37.3 Å². The summed E-state index contributed by atoms with van der Waals surface area (Å²) in [5.74, 6) is 0.827. The average molecular weight is 339 g/mol. The lowest BCUT2D eigenvalue weighted by Gasteiger charge is -2.12. The van der Waals surface area contributed by atoms with Gasteiger partial charge in [0.15, 0.2) is 11.5 Å². The Morgan fingerprint density at radius 2 is 1.64 bits per heavy atom. The number of benzene rings is 2. The number of amides is 1. The lowest BCUT2D eigenvalue weighted by Crippen LogP contribution is -2.07. The zero-order chi connectivity index (χ0) is 18.2. The Kier molecular flexibility index (Phi) is 6.63. The first-order valence-electron chi connectivity index (χ1n) is 8.37. The summed E-state index contributed by atoms with van der Waals surface area (Å²) >= 11 is 0. The Morgan fingerprint density at radius 3 is 2.20 bits per heavy atom. The van der Waals surface area contributed by atoms with Gasteiger partial charge in [-0.05, 0) is 53.7 Å². The highest BCUT2D eigenvalue weighted by atomic mass is 16.5. The lowest BCUT2D eigenvalue weighted by molar-refractivity contribution is -0.113. The van der Waals surface area contributed by atoms with E-state index < -0.39 is 5.91 Å². The highest BCUT2D eigenvalue weighted by molar-refractivity contribution is 5.94. The van der Waals surface area contributed by atoms with Crippen molar-refractivity contribution in [1.82, 2.24) is 0 Å². The van der Waals surface area contributed by atoms with Crippen molar-refractivity contribution in [3.05, 3.63) is 65.2 Å². The van der Waals surface area contributed by atoms with Crippen LogP contribution in [0.5, 0.6) is 11.5 Å². The molecule has 0 atom stereocenters. The first-order chi connectivity index (χ1) is 12.1. The van der Waals surface area contributed by atoms with E-state index in [1.807, 2.05) is 18.2 Å². The molecule has 2 aromatic carbocycles. The summed E-state index contributed by atoms with van der Waals surface area (Å²) in [6, 6.07) is 14.2. The number of hydrogen-bond acceptors (Lipinski definition) is 3. The summed E-state index contributed by atoms with van der Waals surface area (Å²) in [5, 5.41) is 0. The molecule has 0 radical (unpaired) electrons. The van der Waals surface area contributed by atoms with Crippen LogP contribution in [0.3, 0.4) is 0 Å². The van der Waals surface area contributed by atoms with Gasteiger partial charge in [0, 0.05) is 6.08 Å². The van der Waals surface area contributed by atoms with E-state index in [2.05, 4.69) is 31.2 Å². The number of primary amides is 1. The number of nitrogens with two attached hydrogens (primary N) is 1. The molecule has 2 aromatic rings. The number of ether oxygens (including phenoxy) is 2. The number of methoxy groups -OCH3 is 2. The molecular weight excluding hydrogens is 314 g/mol. The summed E-state index contributed by atoms with van der Waals surface area (Å²) in [6.07, 6.45) is 4.06. The van der Waals surface area contributed by atoms with Crippen LogP contribution >= 0.6 is 0 Å². The second-order valence-electron chi connectivity index (χ2n) is 5.81. The molecule has 0 unspecified atom stereocenters. The smallest absolute Gasteiger partial charge is 0.241 e. The van der Waals surface area contributed by atoms with Crippen molar-refractivity contribution in [2.24, 2.45) is 5.73 Å². The fourth-order valence-electron chi connectivity index (χ4n) is 2.73. The number of carbonyl (C=O) groups is 1. The van der Waals surface area contributed by atoms with E-state index in [-0.39, 0.29) is 0 Å². The quantitative estimate of drug-likeness (QED) is 0.745. The van der Waals surface area contributed by atoms with Gasteiger partial charge in [0.25, 0.3) is 0 Å². The zero-order valence-corrected chi connectivity index (χ0v) is 15.0. The molecule has 0 saturated heterocycles. The van der Waals surface area contributed by atoms with Crippen molar-refractivity contribution in [2.75, 3.05) is 14.2 Å². The fourth-order valence-corrected chi connectivity index (χ4v) is 2.73. The SMILES string of the molecule is CCc1ccc(CCC(=CC(N)=O)c2ccc(OC)c(OC)c2)cc1. The number of carbonyl (C=O) groups excluding carboxylic acids is 1. The third-order valence-corrected chi connectivity index (χ3v) is 4.19. The molecule has 0 saturated carbocycles. The van der Waals surface area contributed by atoms with E-state index in [0.717, 1.165) is 24.0 Å². The molecule has 0 aromatic heterocycles. The van der Waals surface area contributed by atoms with E-state index in [4.69, 9.17) is 15.2 Å². The summed E-state index contributed by atoms with van der Waals surface area (Å²) in [5.41, 5.74) is 9.73. The maximum absolute atomic E-state index is 11.4. The minimum atomic E-state index is -0.453. The monoisotopic (exact) mass is 339 g/mol. The molecule has 0 spiro atoms. The van der Waals surface area contributed by atoms with Crippen molar-refractivity contribution in [3.8, 4) is 11.5 Å². The van der Waals surface area contributed by atoms with E-state index >= 15 is 0 Å². The van der Waals surface area contributed by atoms with Gasteiger partial charge in [-0.3, -0.25) is 4.79 Å². The Labute approximate surface area is 149 Å². The normalized spacial score (nSPS) is 11.2. The standard InChI is InChI=1S/C21H25NO3/c1-4-15-5-7-16(8-6-15)9-10-18(14-21(22)23)17-11-12-19(24-2)20(13-17)25-3/h5-8,11-14H,4,9-10H2,1-3H3,(H2,22,23). The third kappa shape index (κ3) is 5.11. The molecule has 0 heterocycles. The van der Waals surface area contributed by atoms with Crippen molar-refractivity contribution in [3.63, 3.8) is 0 Å². The highest BCUT2D eigenvalue weighted by Gasteiger charge is 2.10. The largest absolute Gasteiger partial charge is 0.493 e. The van der Waals surface area contributed by atoms with E-state index in [1.54, 1.807) is 14.2 Å². The minimum Gasteiger partial charge on any atom is -0.493 e. The fraction of sp³-hybridized carbons (Fsp3) is 0.286. The molecule has 4 heteroatoms. The highest BCUT2D eigenvalue weighted by Crippen LogP contribution is 2.31. The summed E-state index contributed by atoms with van der Waals surface area (Å²) in [6.45, 7) is 2.14. The molecule has 0 fully saturated rings. The van der Waals surface area contributed by atoms with Crippen LogP contribution in [0.1, 0.15) is 30.0 Å². The Hall–Kier alpha value is -2.75. The maximum atomic E-state index is 11.4. The van der Waals surface area contributed by atoms with Gasteiger partial charge >= 0.3 is 0 Å². The average Bonchev–Trinajstić information content (AvgIpc) is 2.64. The van der Waals surface area contributed by atoms with Crippen molar-refractivity contribution < 1.29 is 14.3 Å². The van der Waals surface area contributed by atoms with Gasteiger partial charge in [0.1, 0.15) is 0 Å².